The van der Waals surface area contributed by atoms with Crippen LogP contribution in [0.25, 0.3) is 0 Å². The van der Waals surface area contributed by atoms with Gasteiger partial charge in [-0.05, 0) is 48.7 Å². The van der Waals surface area contributed by atoms with Gasteiger partial charge in [-0.1, -0.05) is 30.3 Å². The van der Waals surface area contributed by atoms with Crippen molar-refractivity contribution >= 4 is 0 Å². The Labute approximate surface area is 112 Å². The Hall–Kier alpha value is -1.74. The first kappa shape index (κ1) is 13.7. The minimum atomic E-state index is -0.816. The Kier molecular flexibility index (Phi) is 4.27. The second-order valence-electron chi connectivity index (χ2n) is 4.74. The maximum atomic E-state index is 13.2. The van der Waals surface area contributed by atoms with Crippen LogP contribution in [0.2, 0.25) is 0 Å². The molecule has 2 aromatic carbocycles. The molecular formula is C16H17F2N. The highest BCUT2D eigenvalue weighted by atomic mass is 19.2. The van der Waals surface area contributed by atoms with Gasteiger partial charge in [0.1, 0.15) is 0 Å². The molecule has 0 amide bonds. The van der Waals surface area contributed by atoms with Gasteiger partial charge in [-0.3, -0.25) is 0 Å². The number of hydrogen-bond donors (Lipinski definition) is 1. The van der Waals surface area contributed by atoms with Crippen molar-refractivity contribution in [1.29, 1.82) is 0 Å². The Balaban J connectivity index is 2.24. The van der Waals surface area contributed by atoms with Crippen molar-refractivity contribution in [3.05, 3.63) is 70.8 Å². The van der Waals surface area contributed by atoms with E-state index < -0.39 is 11.6 Å². The van der Waals surface area contributed by atoms with Gasteiger partial charge in [-0.2, -0.15) is 0 Å². The monoisotopic (exact) mass is 261 g/mol. The van der Waals surface area contributed by atoms with E-state index in [-0.39, 0.29) is 5.92 Å². The molecule has 2 aromatic rings. The van der Waals surface area contributed by atoms with Crippen molar-refractivity contribution in [2.24, 2.45) is 5.73 Å². The molecule has 0 aliphatic carbocycles. The maximum absolute atomic E-state index is 13.2. The molecule has 0 aromatic heterocycles. The first-order valence-corrected chi connectivity index (χ1v) is 6.31. The minimum absolute atomic E-state index is 0.117. The lowest BCUT2D eigenvalue weighted by Crippen LogP contribution is -2.16. The van der Waals surface area contributed by atoms with Crippen LogP contribution in [0.4, 0.5) is 8.78 Å². The first-order chi connectivity index (χ1) is 9.11. The summed E-state index contributed by atoms with van der Waals surface area (Å²) in [5, 5.41) is 0. The Morgan fingerprint density at radius 3 is 2.42 bits per heavy atom. The van der Waals surface area contributed by atoms with E-state index in [2.05, 4.69) is 0 Å². The summed E-state index contributed by atoms with van der Waals surface area (Å²) < 4.78 is 26.1. The van der Waals surface area contributed by atoms with Gasteiger partial charge in [0, 0.05) is 5.92 Å². The van der Waals surface area contributed by atoms with Crippen LogP contribution >= 0.6 is 0 Å². The summed E-state index contributed by atoms with van der Waals surface area (Å²) >= 11 is 0. The zero-order chi connectivity index (χ0) is 13.8. The van der Waals surface area contributed by atoms with Gasteiger partial charge < -0.3 is 5.73 Å². The third-order valence-corrected chi connectivity index (χ3v) is 3.38. The molecule has 100 valence electrons. The van der Waals surface area contributed by atoms with Crippen molar-refractivity contribution in [1.82, 2.24) is 0 Å². The van der Waals surface area contributed by atoms with E-state index in [1.165, 1.54) is 11.6 Å². The standard InChI is InChI=1S/C16H17F2N/c1-11-4-2-3-5-14(11)13(10-19)8-12-6-7-15(17)16(18)9-12/h2-7,9,13H,8,10,19H2,1H3. The smallest absolute Gasteiger partial charge is 0.159 e. The van der Waals surface area contributed by atoms with E-state index in [0.717, 1.165) is 17.2 Å². The molecule has 0 spiro atoms. The maximum Gasteiger partial charge on any atom is 0.159 e. The van der Waals surface area contributed by atoms with E-state index in [1.807, 2.05) is 31.2 Å². The van der Waals surface area contributed by atoms with Crippen LogP contribution < -0.4 is 5.73 Å². The van der Waals surface area contributed by atoms with Crippen LogP contribution in [0, 0.1) is 18.6 Å². The summed E-state index contributed by atoms with van der Waals surface area (Å²) in [5.74, 6) is -1.51. The Bertz CT molecular complexity index is 566. The fraction of sp³-hybridized carbons (Fsp3) is 0.250. The predicted octanol–water partition coefficient (Wildman–Crippen LogP) is 3.56. The molecule has 1 nitrogen and oxygen atoms in total. The lowest BCUT2D eigenvalue weighted by Gasteiger charge is -2.17. The lowest BCUT2D eigenvalue weighted by molar-refractivity contribution is 0.506. The van der Waals surface area contributed by atoms with Crippen molar-refractivity contribution in [3.8, 4) is 0 Å². The molecule has 2 rings (SSSR count). The topological polar surface area (TPSA) is 26.0 Å². The average Bonchev–Trinajstić information content (AvgIpc) is 2.41. The normalized spacial score (nSPS) is 12.4. The first-order valence-electron chi connectivity index (χ1n) is 6.31. The molecule has 0 aliphatic rings. The molecule has 0 saturated heterocycles. The minimum Gasteiger partial charge on any atom is -0.330 e. The Morgan fingerprint density at radius 2 is 1.79 bits per heavy atom. The molecule has 0 fully saturated rings. The molecule has 0 bridgehead atoms. The summed E-state index contributed by atoms with van der Waals surface area (Å²) in [6.45, 7) is 2.51. The van der Waals surface area contributed by atoms with E-state index in [4.69, 9.17) is 5.73 Å². The quantitative estimate of drug-likeness (QED) is 0.894. The summed E-state index contributed by atoms with van der Waals surface area (Å²) in [5.41, 5.74) is 8.91. The molecule has 3 heteroatoms. The highest BCUT2D eigenvalue weighted by Gasteiger charge is 2.13. The molecule has 0 saturated carbocycles. The highest BCUT2D eigenvalue weighted by molar-refractivity contribution is 5.31. The molecule has 1 atom stereocenters. The summed E-state index contributed by atoms with van der Waals surface area (Å²) in [4.78, 5) is 0. The SMILES string of the molecule is Cc1ccccc1C(CN)Cc1ccc(F)c(F)c1. The third kappa shape index (κ3) is 3.18. The van der Waals surface area contributed by atoms with Crippen LogP contribution in [0.15, 0.2) is 42.5 Å². The molecule has 19 heavy (non-hydrogen) atoms. The zero-order valence-corrected chi connectivity index (χ0v) is 10.9. The van der Waals surface area contributed by atoms with Crippen LogP contribution in [-0.2, 0) is 6.42 Å². The number of halogens is 2. The predicted molar refractivity (Wildman–Crippen MR) is 73.0 cm³/mol. The van der Waals surface area contributed by atoms with Gasteiger partial charge in [-0.15, -0.1) is 0 Å². The van der Waals surface area contributed by atoms with Gasteiger partial charge in [0.15, 0.2) is 11.6 Å². The number of rotatable bonds is 4. The summed E-state index contributed by atoms with van der Waals surface area (Å²) in [7, 11) is 0. The van der Waals surface area contributed by atoms with Crippen LogP contribution in [-0.4, -0.2) is 6.54 Å². The Morgan fingerprint density at radius 1 is 1.05 bits per heavy atom. The lowest BCUT2D eigenvalue weighted by atomic mass is 9.89. The van der Waals surface area contributed by atoms with Gasteiger partial charge in [-0.25, -0.2) is 8.78 Å². The molecule has 0 aliphatic heterocycles. The second kappa shape index (κ2) is 5.93. The van der Waals surface area contributed by atoms with Gasteiger partial charge in [0.2, 0.25) is 0 Å². The van der Waals surface area contributed by atoms with Crippen molar-refractivity contribution in [2.45, 2.75) is 19.3 Å². The molecule has 2 N–H and O–H groups in total. The second-order valence-corrected chi connectivity index (χ2v) is 4.74. The van der Waals surface area contributed by atoms with Crippen LogP contribution in [0.5, 0.6) is 0 Å². The van der Waals surface area contributed by atoms with Crippen LogP contribution in [0.1, 0.15) is 22.6 Å². The van der Waals surface area contributed by atoms with Crippen LogP contribution in [0.3, 0.4) is 0 Å². The molecular weight excluding hydrogens is 244 g/mol. The number of aryl methyl sites for hydroxylation is 1. The zero-order valence-electron chi connectivity index (χ0n) is 10.9. The number of nitrogens with two attached hydrogens (primary N) is 1. The highest BCUT2D eigenvalue weighted by Crippen LogP contribution is 2.23. The summed E-state index contributed by atoms with van der Waals surface area (Å²) in [6.07, 6.45) is 0.610. The van der Waals surface area contributed by atoms with Gasteiger partial charge >= 0.3 is 0 Å². The third-order valence-electron chi connectivity index (χ3n) is 3.38. The van der Waals surface area contributed by atoms with Crippen molar-refractivity contribution in [2.75, 3.05) is 6.54 Å². The van der Waals surface area contributed by atoms with E-state index in [0.29, 0.717) is 13.0 Å². The largest absolute Gasteiger partial charge is 0.330 e. The van der Waals surface area contributed by atoms with Gasteiger partial charge in [0.05, 0.1) is 0 Å². The van der Waals surface area contributed by atoms with E-state index in [9.17, 15) is 8.78 Å². The molecule has 1 unspecified atom stereocenters. The molecule has 0 radical (unpaired) electrons. The average molecular weight is 261 g/mol. The number of hydrogen-bond acceptors (Lipinski definition) is 1. The number of benzene rings is 2. The fourth-order valence-electron chi connectivity index (χ4n) is 2.32. The summed E-state index contributed by atoms with van der Waals surface area (Å²) in [6, 6.07) is 12.0. The van der Waals surface area contributed by atoms with Crippen molar-refractivity contribution in [3.63, 3.8) is 0 Å². The van der Waals surface area contributed by atoms with Crippen molar-refractivity contribution < 1.29 is 8.78 Å². The van der Waals surface area contributed by atoms with E-state index >= 15 is 0 Å². The fourth-order valence-corrected chi connectivity index (χ4v) is 2.32. The van der Waals surface area contributed by atoms with E-state index in [1.54, 1.807) is 6.07 Å². The van der Waals surface area contributed by atoms with Gasteiger partial charge in [0.25, 0.3) is 0 Å². The molecule has 0 heterocycles.